The highest BCUT2D eigenvalue weighted by atomic mass is 32.1. The molecule has 8 heteroatoms. The molecule has 1 aliphatic heterocycles. The third-order valence-electron chi connectivity index (χ3n) is 4.75. The van der Waals surface area contributed by atoms with Crippen LogP contribution in [0.5, 0.6) is 0 Å². The second-order valence-corrected chi connectivity index (χ2v) is 8.04. The van der Waals surface area contributed by atoms with E-state index in [0.717, 1.165) is 17.0 Å². The maximum atomic E-state index is 12.9. The minimum Gasteiger partial charge on any atom is -0.368 e. The number of Topliss-reactive ketones (excluding diaryl/α,β-unsaturated/α-hetero) is 1. The number of halogens is 3. The normalized spacial score (nSPS) is 15.0. The number of nitrogens with zero attached hydrogens (tertiary/aromatic N) is 2. The summed E-state index contributed by atoms with van der Waals surface area (Å²) in [7, 11) is 0. The van der Waals surface area contributed by atoms with Crippen molar-refractivity contribution in [3.05, 3.63) is 51.7 Å². The zero-order chi connectivity index (χ0) is 20.3. The van der Waals surface area contributed by atoms with Crippen LogP contribution in [0.2, 0.25) is 0 Å². The summed E-state index contributed by atoms with van der Waals surface area (Å²) in [6.07, 6.45) is -4.05. The number of thiophene rings is 1. The van der Waals surface area contributed by atoms with Crippen molar-refractivity contribution >= 4 is 28.7 Å². The first-order chi connectivity index (χ1) is 13.2. The molecule has 0 spiro atoms. The molecule has 0 saturated carbocycles. The molecule has 0 bridgehead atoms. The predicted molar refractivity (Wildman–Crippen MR) is 103 cm³/mol. The Labute approximate surface area is 165 Å². The van der Waals surface area contributed by atoms with Crippen LogP contribution in [0.4, 0.5) is 18.9 Å². The molecule has 1 saturated heterocycles. The number of aryl methyl sites for hydroxylation is 1. The molecular weight excluding hydrogens is 389 g/mol. The van der Waals surface area contributed by atoms with Crippen LogP contribution in [0.1, 0.15) is 33.0 Å². The number of alkyl halides is 3. The fourth-order valence-electron chi connectivity index (χ4n) is 3.18. The van der Waals surface area contributed by atoms with Crippen LogP contribution < -0.4 is 4.90 Å². The van der Waals surface area contributed by atoms with Gasteiger partial charge in [-0.1, -0.05) is 6.07 Å². The summed E-state index contributed by atoms with van der Waals surface area (Å²) in [4.78, 5) is 29.8. The van der Waals surface area contributed by atoms with Gasteiger partial charge in [-0.05, 0) is 37.3 Å². The standard InChI is InChI=1S/C20H21F3N2O2S/c1-14-5-7-18(28-14)17(26)6-8-19(27)25-11-9-24(10-12-25)16-4-2-3-15(13-16)20(21,22)23/h2-5,7,13H,6,8-12H2,1H3. The van der Waals surface area contributed by atoms with Gasteiger partial charge < -0.3 is 9.80 Å². The molecule has 1 aromatic heterocycles. The molecule has 1 fully saturated rings. The van der Waals surface area contributed by atoms with Crippen molar-refractivity contribution in [3.8, 4) is 0 Å². The van der Waals surface area contributed by atoms with Gasteiger partial charge in [0.1, 0.15) is 0 Å². The van der Waals surface area contributed by atoms with E-state index in [9.17, 15) is 22.8 Å². The number of ketones is 1. The highest BCUT2D eigenvalue weighted by Crippen LogP contribution is 2.32. The van der Waals surface area contributed by atoms with Crippen molar-refractivity contribution in [1.82, 2.24) is 4.90 Å². The summed E-state index contributed by atoms with van der Waals surface area (Å²) >= 11 is 1.42. The summed E-state index contributed by atoms with van der Waals surface area (Å²) in [6.45, 7) is 3.72. The number of amides is 1. The number of rotatable bonds is 5. The van der Waals surface area contributed by atoms with Gasteiger partial charge in [-0.15, -0.1) is 11.3 Å². The maximum Gasteiger partial charge on any atom is 0.416 e. The van der Waals surface area contributed by atoms with Gasteiger partial charge in [-0.25, -0.2) is 0 Å². The Kier molecular flexibility index (Phi) is 6.07. The van der Waals surface area contributed by atoms with Gasteiger partial charge >= 0.3 is 6.18 Å². The molecular formula is C20H21F3N2O2S. The van der Waals surface area contributed by atoms with Crippen molar-refractivity contribution < 1.29 is 22.8 Å². The van der Waals surface area contributed by atoms with Gasteiger partial charge in [-0.2, -0.15) is 13.2 Å². The van der Waals surface area contributed by atoms with Crippen LogP contribution in [-0.4, -0.2) is 42.8 Å². The highest BCUT2D eigenvalue weighted by Gasteiger charge is 2.31. The number of piperazine rings is 1. The average Bonchev–Trinajstić information content (AvgIpc) is 3.12. The molecule has 1 amide bonds. The van der Waals surface area contributed by atoms with Gasteiger partial charge in [0.2, 0.25) is 5.91 Å². The molecule has 4 nitrogen and oxygen atoms in total. The van der Waals surface area contributed by atoms with Crippen LogP contribution in [0.25, 0.3) is 0 Å². The van der Waals surface area contributed by atoms with E-state index in [4.69, 9.17) is 0 Å². The van der Waals surface area contributed by atoms with Gasteiger partial charge in [0.05, 0.1) is 10.4 Å². The quantitative estimate of drug-likeness (QED) is 0.687. The first-order valence-corrected chi connectivity index (χ1v) is 9.85. The van der Waals surface area contributed by atoms with Crippen LogP contribution in [0, 0.1) is 6.92 Å². The van der Waals surface area contributed by atoms with E-state index in [0.29, 0.717) is 36.7 Å². The molecule has 28 heavy (non-hydrogen) atoms. The fraction of sp³-hybridized carbons (Fsp3) is 0.400. The Morgan fingerprint density at radius 3 is 2.36 bits per heavy atom. The Morgan fingerprint density at radius 1 is 1.04 bits per heavy atom. The monoisotopic (exact) mass is 410 g/mol. The number of benzene rings is 1. The molecule has 0 atom stereocenters. The first-order valence-electron chi connectivity index (χ1n) is 9.03. The largest absolute Gasteiger partial charge is 0.416 e. The third-order valence-corrected chi connectivity index (χ3v) is 5.79. The van der Waals surface area contributed by atoms with Crippen LogP contribution >= 0.6 is 11.3 Å². The topological polar surface area (TPSA) is 40.6 Å². The molecule has 150 valence electrons. The van der Waals surface area contributed by atoms with E-state index in [2.05, 4.69) is 0 Å². The van der Waals surface area contributed by atoms with E-state index in [1.165, 1.54) is 17.4 Å². The summed E-state index contributed by atoms with van der Waals surface area (Å²) in [5.41, 5.74) is -0.170. The summed E-state index contributed by atoms with van der Waals surface area (Å²) in [5.74, 6) is -0.126. The molecule has 1 aromatic carbocycles. The van der Waals surface area contributed by atoms with E-state index >= 15 is 0 Å². The summed E-state index contributed by atoms with van der Waals surface area (Å²) < 4.78 is 38.6. The van der Waals surface area contributed by atoms with Gasteiger partial charge in [0, 0.05) is 49.6 Å². The number of carbonyl (C=O) groups excluding carboxylic acids is 2. The molecule has 2 aromatic rings. The van der Waals surface area contributed by atoms with E-state index in [-0.39, 0.29) is 24.5 Å². The SMILES string of the molecule is Cc1ccc(C(=O)CCC(=O)N2CCN(c3cccc(C(F)(F)F)c3)CC2)s1. The fourth-order valence-corrected chi connectivity index (χ4v) is 4.01. The van der Waals surface area contributed by atoms with Crippen molar-refractivity contribution in [3.63, 3.8) is 0 Å². The minimum absolute atomic E-state index is 0.0333. The lowest BCUT2D eigenvalue weighted by molar-refractivity contribution is -0.137. The summed E-state index contributed by atoms with van der Waals surface area (Å²) in [5, 5.41) is 0. The van der Waals surface area contributed by atoms with E-state index in [1.54, 1.807) is 17.0 Å². The van der Waals surface area contributed by atoms with Crippen molar-refractivity contribution in [2.45, 2.75) is 25.9 Å². The molecule has 0 aliphatic carbocycles. The molecule has 2 heterocycles. The number of carbonyl (C=O) groups is 2. The zero-order valence-electron chi connectivity index (χ0n) is 15.5. The number of anilines is 1. The van der Waals surface area contributed by atoms with Crippen molar-refractivity contribution in [2.75, 3.05) is 31.1 Å². The zero-order valence-corrected chi connectivity index (χ0v) is 16.3. The minimum atomic E-state index is -4.37. The smallest absolute Gasteiger partial charge is 0.368 e. The van der Waals surface area contributed by atoms with Crippen LogP contribution in [0.15, 0.2) is 36.4 Å². The first kappa shape index (κ1) is 20.4. The molecule has 3 rings (SSSR count). The molecule has 0 unspecified atom stereocenters. The Bertz CT molecular complexity index is 855. The Morgan fingerprint density at radius 2 is 1.75 bits per heavy atom. The molecule has 0 radical (unpaired) electrons. The van der Waals surface area contributed by atoms with E-state index < -0.39 is 11.7 Å². The number of hydrogen-bond donors (Lipinski definition) is 0. The molecule has 0 N–H and O–H groups in total. The van der Waals surface area contributed by atoms with Crippen LogP contribution in [0.3, 0.4) is 0 Å². The van der Waals surface area contributed by atoms with Gasteiger partial charge in [0.15, 0.2) is 5.78 Å². The Hall–Kier alpha value is -2.35. The summed E-state index contributed by atoms with van der Waals surface area (Å²) in [6, 6.07) is 8.89. The lowest BCUT2D eigenvalue weighted by Gasteiger charge is -2.36. The number of hydrogen-bond acceptors (Lipinski definition) is 4. The van der Waals surface area contributed by atoms with Crippen molar-refractivity contribution in [1.29, 1.82) is 0 Å². The lowest BCUT2D eigenvalue weighted by atomic mass is 10.1. The maximum absolute atomic E-state index is 12.9. The lowest BCUT2D eigenvalue weighted by Crippen LogP contribution is -2.48. The second kappa shape index (κ2) is 8.34. The van der Waals surface area contributed by atoms with Gasteiger partial charge in [0.25, 0.3) is 0 Å². The van der Waals surface area contributed by atoms with Gasteiger partial charge in [-0.3, -0.25) is 9.59 Å². The predicted octanol–water partition coefficient (Wildman–Crippen LogP) is 4.39. The van der Waals surface area contributed by atoms with Crippen LogP contribution in [-0.2, 0) is 11.0 Å². The molecule has 1 aliphatic rings. The Balaban J connectivity index is 1.51. The highest BCUT2D eigenvalue weighted by molar-refractivity contribution is 7.14. The van der Waals surface area contributed by atoms with Crippen molar-refractivity contribution in [2.24, 2.45) is 0 Å². The average molecular weight is 410 g/mol. The van der Waals surface area contributed by atoms with E-state index in [1.807, 2.05) is 17.9 Å². The second-order valence-electron chi connectivity index (χ2n) is 6.75. The third kappa shape index (κ3) is 4.92.